The van der Waals surface area contributed by atoms with Gasteiger partial charge in [0, 0.05) is 39.2 Å². The van der Waals surface area contributed by atoms with Gasteiger partial charge >= 0.3 is 0 Å². The summed E-state index contributed by atoms with van der Waals surface area (Å²) in [5, 5.41) is 0.788. The molecule has 0 spiro atoms. The molecular formula is C22H27NO2S. The van der Waals surface area contributed by atoms with Gasteiger partial charge in [-0.25, -0.2) is 0 Å². The number of nitrogens with zero attached hydrogens (tertiary/aromatic N) is 1. The number of carbonyl (C=O) groups excluding carboxylic acids is 1. The molecule has 0 saturated carbocycles. The standard InChI is InChI=1S/C22H27NO2S/c1-2-15-7-9-17-19(13-15)26-20-14-16(8-10-18(20)21(17)24)22(25)23-11-5-3-4-6-12-23/h8,10,14-15H,2-7,9,11-13H2,1H3. The number of carbonyl (C=O) groups is 1. The molecule has 1 saturated heterocycles. The topological polar surface area (TPSA) is 37.4 Å². The Morgan fingerprint density at radius 3 is 2.69 bits per heavy atom. The molecule has 138 valence electrons. The van der Waals surface area contributed by atoms with Crippen LogP contribution in [0.1, 0.15) is 66.2 Å². The van der Waals surface area contributed by atoms with E-state index in [4.69, 9.17) is 0 Å². The van der Waals surface area contributed by atoms with Crippen LogP contribution in [0.3, 0.4) is 0 Å². The molecule has 1 amide bonds. The number of hydrogen-bond acceptors (Lipinski definition) is 3. The van der Waals surface area contributed by atoms with Crippen molar-refractivity contribution in [3.05, 3.63) is 44.4 Å². The van der Waals surface area contributed by atoms with E-state index >= 15 is 0 Å². The molecule has 1 fully saturated rings. The van der Waals surface area contributed by atoms with Gasteiger partial charge in [-0.15, -0.1) is 11.3 Å². The maximum Gasteiger partial charge on any atom is 0.253 e. The average Bonchev–Trinajstić information content (AvgIpc) is 2.96. The zero-order valence-corrected chi connectivity index (χ0v) is 16.4. The third kappa shape index (κ3) is 3.32. The lowest BCUT2D eigenvalue weighted by molar-refractivity contribution is 0.0762. The lowest BCUT2D eigenvalue weighted by Gasteiger charge is -2.23. The van der Waals surface area contributed by atoms with Crippen LogP contribution in [-0.4, -0.2) is 23.9 Å². The number of rotatable bonds is 2. The van der Waals surface area contributed by atoms with Crippen LogP contribution in [0.2, 0.25) is 0 Å². The lowest BCUT2D eigenvalue weighted by Crippen LogP contribution is -2.31. The van der Waals surface area contributed by atoms with Crippen LogP contribution in [-0.2, 0) is 12.8 Å². The summed E-state index contributed by atoms with van der Waals surface area (Å²) in [4.78, 5) is 29.1. The van der Waals surface area contributed by atoms with Crippen molar-refractivity contribution in [2.24, 2.45) is 5.92 Å². The summed E-state index contributed by atoms with van der Waals surface area (Å²) in [6, 6.07) is 5.70. The van der Waals surface area contributed by atoms with E-state index in [1.54, 1.807) is 11.3 Å². The summed E-state index contributed by atoms with van der Waals surface area (Å²) in [5.41, 5.74) is 1.95. The van der Waals surface area contributed by atoms with E-state index < -0.39 is 0 Å². The van der Waals surface area contributed by atoms with Crippen molar-refractivity contribution in [3.8, 4) is 0 Å². The molecule has 1 aliphatic carbocycles. The van der Waals surface area contributed by atoms with Crippen molar-refractivity contribution in [1.29, 1.82) is 0 Å². The van der Waals surface area contributed by atoms with Gasteiger partial charge in [-0.1, -0.05) is 26.2 Å². The normalized spacial score (nSPS) is 20.7. The Kier molecular flexibility index (Phi) is 5.12. The highest BCUT2D eigenvalue weighted by molar-refractivity contribution is 7.18. The van der Waals surface area contributed by atoms with Crippen LogP contribution in [0, 0.1) is 5.92 Å². The molecule has 1 aliphatic heterocycles. The van der Waals surface area contributed by atoms with Crippen LogP contribution >= 0.6 is 11.3 Å². The fraction of sp³-hybridized carbons (Fsp3) is 0.545. The highest BCUT2D eigenvalue weighted by Crippen LogP contribution is 2.32. The maximum absolute atomic E-state index is 12.9. The summed E-state index contributed by atoms with van der Waals surface area (Å²) in [6.45, 7) is 3.95. The molecule has 4 heteroatoms. The van der Waals surface area contributed by atoms with Gasteiger partial charge in [0.25, 0.3) is 5.91 Å². The second-order valence-corrected chi connectivity index (χ2v) is 8.90. The van der Waals surface area contributed by atoms with E-state index in [0.717, 1.165) is 66.4 Å². The van der Waals surface area contributed by atoms with E-state index in [0.29, 0.717) is 5.92 Å². The van der Waals surface area contributed by atoms with Crippen LogP contribution in [0.5, 0.6) is 0 Å². The number of hydrogen-bond donors (Lipinski definition) is 0. The third-order valence-corrected chi connectivity index (χ3v) is 7.28. The van der Waals surface area contributed by atoms with Gasteiger partial charge in [0.2, 0.25) is 0 Å². The Balaban J connectivity index is 1.70. The van der Waals surface area contributed by atoms with Gasteiger partial charge in [0.05, 0.1) is 0 Å². The second kappa shape index (κ2) is 7.51. The van der Waals surface area contributed by atoms with Crippen molar-refractivity contribution in [1.82, 2.24) is 4.90 Å². The highest BCUT2D eigenvalue weighted by atomic mass is 32.1. The molecule has 1 aromatic carbocycles. The number of amides is 1. The zero-order chi connectivity index (χ0) is 18.1. The molecule has 0 N–H and O–H groups in total. The van der Waals surface area contributed by atoms with E-state index in [1.165, 1.54) is 24.1 Å². The molecule has 0 bridgehead atoms. The molecule has 26 heavy (non-hydrogen) atoms. The fourth-order valence-electron chi connectivity index (χ4n) is 4.35. The van der Waals surface area contributed by atoms with Crippen LogP contribution in [0.4, 0.5) is 0 Å². The molecule has 2 heterocycles. The lowest BCUT2D eigenvalue weighted by atomic mass is 9.86. The number of benzene rings is 1. The molecule has 1 atom stereocenters. The van der Waals surface area contributed by atoms with E-state index in [2.05, 4.69) is 6.92 Å². The van der Waals surface area contributed by atoms with Crippen LogP contribution in [0.25, 0.3) is 10.1 Å². The smallest absolute Gasteiger partial charge is 0.253 e. The van der Waals surface area contributed by atoms with Gasteiger partial charge in [0.15, 0.2) is 5.43 Å². The van der Waals surface area contributed by atoms with E-state index in [-0.39, 0.29) is 11.3 Å². The van der Waals surface area contributed by atoms with Gasteiger partial charge in [0.1, 0.15) is 0 Å². The Morgan fingerprint density at radius 1 is 1.19 bits per heavy atom. The van der Waals surface area contributed by atoms with Crippen molar-refractivity contribution in [2.45, 2.75) is 58.3 Å². The minimum Gasteiger partial charge on any atom is -0.339 e. The minimum atomic E-state index is 0.123. The zero-order valence-electron chi connectivity index (χ0n) is 15.6. The summed E-state index contributed by atoms with van der Waals surface area (Å²) < 4.78 is 0.978. The minimum absolute atomic E-state index is 0.123. The molecule has 2 aliphatic rings. The molecule has 0 radical (unpaired) electrons. The van der Waals surface area contributed by atoms with Crippen LogP contribution in [0.15, 0.2) is 23.0 Å². The summed E-state index contributed by atoms with van der Waals surface area (Å²) >= 11 is 1.73. The molecule has 2 aromatic rings. The predicted octanol–water partition coefficient (Wildman–Crippen LogP) is 4.79. The molecular weight excluding hydrogens is 342 g/mol. The Hall–Kier alpha value is -1.68. The monoisotopic (exact) mass is 369 g/mol. The van der Waals surface area contributed by atoms with Crippen molar-refractivity contribution in [2.75, 3.05) is 13.1 Å². The Morgan fingerprint density at radius 2 is 1.96 bits per heavy atom. The van der Waals surface area contributed by atoms with Crippen molar-refractivity contribution in [3.63, 3.8) is 0 Å². The average molecular weight is 370 g/mol. The highest BCUT2D eigenvalue weighted by Gasteiger charge is 2.23. The second-order valence-electron chi connectivity index (χ2n) is 7.77. The first-order chi connectivity index (χ1) is 12.7. The molecule has 1 aromatic heterocycles. The van der Waals surface area contributed by atoms with Crippen molar-refractivity contribution >= 4 is 27.3 Å². The van der Waals surface area contributed by atoms with Crippen molar-refractivity contribution < 1.29 is 4.79 Å². The number of fused-ring (bicyclic) bond motifs is 2. The van der Waals surface area contributed by atoms with Gasteiger partial charge in [-0.05, 0) is 56.2 Å². The largest absolute Gasteiger partial charge is 0.339 e. The summed E-state index contributed by atoms with van der Waals surface area (Å²) in [6.07, 6.45) is 8.85. The van der Waals surface area contributed by atoms with Gasteiger partial charge in [-0.3, -0.25) is 9.59 Å². The quantitative estimate of drug-likeness (QED) is 0.763. The van der Waals surface area contributed by atoms with E-state index in [1.807, 2.05) is 23.1 Å². The first-order valence-electron chi connectivity index (χ1n) is 10.0. The summed E-state index contributed by atoms with van der Waals surface area (Å²) in [5.74, 6) is 0.815. The van der Waals surface area contributed by atoms with E-state index in [9.17, 15) is 9.59 Å². The molecule has 3 nitrogen and oxygen atoms in total. The SMILES string of the molecule is CCC1CCc2c(sc3cc(C(=O)N4CCCCCC4)ccc3c2=O)C1. The Labute approximate surface area is 159 Å². The predicted molar refractivity (Wildman–Crippen MR) is 108 cm³/mol. The first-order valence-corrected chi connectivity index (χ1v) is 10.9. The fourth-order valence-corrected chi connectivity index (χ4v) is 5.71. The Bertz CT molecular complexity index is 878. The van der Waals surface area contributed by atoms with Gasteiger partial charge < -0.3 is 4.90 Å². The molecule has 4 rings (SSSR count). The summed E-state index contributed by atoms with van der Waals surface area (Å²) in [7, 11) is 0. The first kappa shape index (κ1) is 17.7. The van der Waals surface area contributed by atoms with Crippen LogP contribution < -0.4 is 5.43 Å². The maximum atomic E-state index is 12.9. The molecule has 1 unspecified atom stereocenters. The number of likely N-dealkylation sites (tertiary alicyclic amines) is 1. The van der Waals surface area contributed by atoms with Gasteiger partial charge in [-0.2, -0.15) is 0 Å². The third-order valence-electron chi connectivity index (χ3n) is 6.06.